The molecule has 0 atom stereocenters. The van der Waals surface area contributed by atoms with Gasteiger partial charge < -0.3 is 9.47 Å². The Hall–Kier alpha value is -2.69. The molecule has 0 saturated carbocycles. The van der Waals surface area contributed by atoms with Gasteiger partial charge in [0, 0.05) is 6.20 Å². The average Bonchev–Trinajstić information content (AvgIpc) is 2.47. The van der Waals surface area contributed by atoms with Crippen molar-refractivity contribution in [2.24, 2.45) is 0 Å². The van der Waals surface area contributed by atoms with Gasteiger partial charge in [0.25, 0.3) is 0 Å². The number of carbonyl (C=O) groups is 2. The van der Waals surface area contributed by atoms with Crippen molar-refractivity contribution in [3.8, 4) is 5.75 Å². The van der Waals surface area contributed by atoms with Gasteiger partial charge in [-0.25, -0.2) is 14.6 Å². The summed E-state index contributed by atoms with van der Waals surface area (Å²) in [5, 5.41) is 0. The van der Waals surface area contributed by atoms with E-state index in [-0.39, 0.29) is 5.69 Å². The number of carbonyl (C=O) groups excluding carboxylic acids is 2. The van der Waals surface area contributed by atoms with Crippen LogP contribution in [0.2, 0.25) is 0 Å². The molecule has 0 unspecified atom stereocenters. The first-order valence-electron chi connectivity index (χ1n) is 6.82. The van der Waals surface area contributed by atoms with Gasteiger partial charge in [-0.05, 0) is 57.2 Å². The van der Waals surface area contributed by atoms with E-state index in [1.807, 2.05) is 0 Å². The Morgan fingerprint density at radius 2 is 1.64 bits per heavy atom. The Kier molecular flexibility index (Phi) is 4.56. The maximum Gasteiger partial charge on any atom is 0.362 e. The highest BCUT2D eigenvalue weighted by Crippen LogP contribution is 2.17. The molecule has 2 aromatic rings. The van der Waals surface area contributed by atoms with E-state index in [2.05, 4.69) is 4.98 Å². The smallest absolute Gasteiger partial charge is 0.362 e. The van der Waals surface area contributed by atoms with E-state index < -0.39 is 17.5 Å². The highest BCUT2D eigenvalue weighted by molar-refractivity contribution is 5.91. The highest BCUT2D eigenvalue weighted by atomic mass is 16.6. The van der Waals surface area contributed by atoms with Gasteiger partial charge in [0.05, 0.1) is 5.56 Å². The van der Waals surface area contributed by atoms with Crippen LogP contribution in [0.3, 0.4) is 0 Å². The molecule has 0 amide bonds. The summed E-state index contributed by atoms with van der Waals surface area (Å²) in [6.45, 7) is 5.40. The molecule has 0 aliphatic carbocycles. The van der Waals surface area contributed by atoms with Crippen molar-refractivity contribution in [3.63, 3.8) is 0 Å². The first kappa shape index (κ1) is 15.7. The molecule has 0 bridgehead atoms. The lowest BCUT2D eigenvalue weighted by atomic mass is 10.1. The zero-order valence-corrected chi connectivity index (χ0v) is 12.7. The third-order valence-electron chi connectivity index (χ3n) is 2.57. The second-order valence-electron chi connectivity index (χ2n) is 5.63. The summed E-state index contributed by atoms with van der Waals surface area (Å²) < 4.78 is 10.4. The van der Waals surface area contributed by atoms with Crippen LogP contribution in [-0.4, -0.2) is 22.5 Å². The summed E-state index contributed by atoms with van der Waals surface area (Å²) in [5.74, 6) is -0.635. The number of hydrogen-bond acceptors (Lipinski definition) is 5. The molecule has 0 aliphatic heterocycles. The van der Waals surface area contributed by atoms with E-state index in [0.717, 1.165) is 0 Å². The molecule has 0 aliphatic rings. The van der Waals surface area contributed by atoms with E-state index in [1.54, 1.807) is 63.2 Å². The van der Waals surface area contributed by atoms with E-state index in [4.69, 9.17) is 9.47 Å². The van der Waals surface area contributed by atoms with Gasteiger partial charge in [-0.1, -0.05) is 6.07 Å². The lowest BCUT2D eigenvalue weighted by molar-refractivity contribution is 0.00695. The minimum atomic E-state index is -0.554. The van der Waals surface area contributed by atoms with Crippen LogP contribution in [0.4, 0.5) is 0 Å². The molecule has 0 fully saturated rings. The number of pyridine rings is 1. The Morgan fingerprint density at radius 1 is 0.955 bits per heavy atom. The van der Waals surface area contributed by atoms with Crippen LogP contribution in [0, 0.1) is 0 Å². The van der Waals surface area contributed by atoms with E-state index in [9.17, 15) is 9.59 Å². The summed E-state index contributed by atoms with van der Waals surface area (Å²) >= 11 is 0. The predicted molar refractivity (Wildman–Crippen MR) is 80.8 cm³/mol. The zero-order chi connectivity index (χ0) is 16.2. The number of benzene rings is 1. The monoisotopic (exact) mass is 299 g/mol. The quantitative estimate of drug-likeness (QED) is 0.643. The molecule has 1 heterocycles. The van der Waals surface area contributed by atoms with Gasteiger partial charge in [-0.3, -0.25) is 0 Å². The number of ether oxygens (including phenoxy) is 2. The molecule has 0 spiro atoms. The summed E-state index contributed by atoms with van der Waals surface area (Å²) in [6, 6.07) is 11.2. The highest BCUT2D eigenvalue weighted by Gasteiger charge is 2.18. The van der Waals surface area contributed by atoms with Crippen molar-refractivity contribution < 1.29 is 19.1 Å². The van der Waals surface area contributed by atoms with Crippen LogP contribution in [0.15, 0.2) is 48.7 Å². The Morgan fingerprint density at radius 3 is 2.18 bits per heavy atom. The predicted octanol–water partition coefficient (Wildman–Crippen LogP) is 3.26. The first-order chi connectivity index (χ1) is 10.3. The Labute approximate surface area is 128 Å². The van der Waals surface area contributed by atoms with Crippen LogP contribution < -0.4 is 4.74 Å². The SMILES string of the molecule is CC(C)(C)OC(=O)c1ccc(OC(=O)c2ccccn2)cc1. The fourth-order valence-electron chi connectivity index (χ4n) is 1.64. The molecule has 0 N–H and O–H groups in total. The lowest BCUT2D eigenvalue weighted by Crippen LogP contribution is -2.23. The zero-order valence-electron chi connectivity index (χ0n) is 12.7. The molecular formula is C17H17NO4. The molecule has 0 saturated heterocycles. The van der Waals surface area contributed by atoms with Crippen LogP contribution in [-0.2, 0) is 4.74 Å². The number of nitrogens with zero attached hydrogens (tertiary/aromatic N) is 1. The van der Waals surface area contributed by atoms with Gasteiger partial charge in [-0.15, -0.1) is 0 Å². The topological polar surface area (TPSA) is 65.5 Å². The van der Waals surface area contributed by atoms with Crippen LogP contribution >= 0.6 is 0 Å². The van der Waals surface area contributed by atoms with Gasteiger partial charge >= 0.3 is 11.9 Å². The third-order valence-corrected chi connectivity index (χ3v) is 2.57. The summed E-state index contributed by atoms with van der Waals surface area (Å²) in [5.41, 5.74) is 0.0626. The molecular weight excluding hydrogens is 282 g/mol. The summed E-state index contributed by atoms with van der Waals surface area (Å²) in [7, 11) is 0. The van der Waals surface area contributed by atoms with Crippen molar-refractivity contribution in [2.45, 2.75) is 26.4 Å². The standard InChI is InChI=1S/C17H17NO4/c1-17(2,3)22-15(19)12-7-9-13(10-8-12)21-16(20)14-6-4-5-11-18-14/h4-11H,1-3H3. The van der Waals surface area contributed by atoms with Gasteiger partial charge in [0.1, 0.15) is 17.0 Å². The van der Waals surface area contributed by atoms with Gasteiger partial charge in [0.15, 0.2) is 0 Å². The number of rotatable bonds is 3. The van der Waals surface area contributed by atoms with Crippen LogP contribution in [0.1, 0.15) is 41.6 Å². The summed E-state index contributed by atoms with van der Waals surface area (Å²) in [4.78, 5) is 27.6. The first-order valence-corrected chi connectivity index (χ1v) is 6.82. The molecule has 5 heteroatoms. The minimum Gasteiger partial charge on any atom is -0.456 e. The maximum atomic E-state index is 11.9. The van der Waals surface area contributed by atoms with Crippen LogP contribution in [0.5, 0.6) is 5.75 Å². The Balaban J connectivity index is 2.03. The van der Waals surface area contributed by atoms with Crippen LogP contribution in [0.25, 0.3) is 0 Å². The number of aromatic nitrogens is 1. The third kappa shape index (κ3) is 4.41. The summed E-state index contributed by atoms with van der Waals surface area (Å²) in [6.07, 6.45) is 1.52. The largest absolute Gasteiger partial charge is 0.456 e. The van der Waals surface area contributed by atoms with Crippen molar-refractivity contribution in [1.82, 2.24) is 4.98 Å². The molecule has 1 aromatic heterocycles. The van der Waals surface area contributed by atoms with Crippen molar-refractivity contribution >= 4 is 11.9 Å². The molecule has 0 radical (unpaired) electrons. The molecule has 5 nitrogen and oxygen atoms in total. The maximum absolute atomic E-state index is 11.9. The van der Waals surface area contributed by atoms with Crippen molar-refractivity contribution in [1.29, 1.82) is 0 Å². The lowest BCUT2D eigenvalue weighted by Gasteiger charge is -2.19. The average molecular weight is 299 g/mol. The fourth-order valence-corrected chi connectivity index (χ4v) is 1.64. The van der Waals surface area contributed by atoms with E-state index in [1.165, 1.54) is 6.20 Å². The van der Waals surface area contributed by atoms with E-state index >= 15 is 0 Å². The molecule has 114 valence electrons. The van der Waals surface area contributed by atoms with Crippen molar-refractivity contribution in [3.05, 3.63) is 59.9 Å². The molecule has 22 heavy (non-hydrogen) atoms. The van der Waals surface area contributed by atoms with Gasteiger partial charge in [0.2, 0.25) is 0 Å². The molecule has 1 aromatic carbocycles. The van der Waals surface area contributed by atoms with E-state index in [0.29, 0.717) is 11.3 Å². The molecule has 2 rings (SSSR count). The number of hydrogen-bond donors (Lipinski definition) is 0. The second kappa shape index (κ2) is 6.39. The Bertz CT molecular complexity index is 657. The normalized spacial score (nSPS) is 10.9. The van der Waals surface area contributed by atoms with Crippen molar-refractivity contribution in [2.75, 3.05) is 0 Å². The fraction of sp³-hybridized carbons (Fsp3) is 0.235. The minimum absolute atomic E-state index is 0.221. The number of esters is 2. The second-order valence-corrected chi connectivity index (χ2v) is 5.63. The van der Waals surface area contributed by atoms with Gasteiger partial charge in [-0.2, -0.15) is 0 Å².